The zero-order chi connectivity index (χ0) is 24.9. The Morgan fingerprint density at radius 2 is 1.59 bits per heavy atom. The van der Waals surface area contributed by atoms with Gasteiger partial charge in [-0.1, -0.05) is 28.1 Å². The third-order valence-corrected chi connectivity index (χ3v) is 5.16. The largest absolute Gasteiger partial charge is 0.496 e. The number of anilines is 2. The molecule has 0 bridgehead atoms. The molecule has 3 N–H and O–H groups in total. The Kier molecular flexibility index (Phi) is 7.90. The van der Waals surface area contributed by atoms with Crippen molar-refractivity contribution in [3.8, 4) is 5.75 Å². The maximum Gasteiger partial charge on any atom is 0.416 e. The molecule has 0 aliphatic rings. The highest BCUT2D eigenvalue weighted by Gasteiger charge is 2.30. The highest BCUT2D eigenvalue weighted by molar-refractivity contribution is 9.10. The van der Waals surface area contributed by atoms with Crippen LogP contribution < -0.4 is 20.7 Å². The van der Waals surface area contributed by atoms with E-state index in [4.69, 9.17) is 17.0 Å². The summed E-state index contributed by atoms with van der Waals surface area (Å²) in [7, 11) is 1.44. The molecule has 0 aromatic heterocycles. The number of halogens is 4. The summed E-state index contributed by atoms with van der Waals surface area (Å²) in [6, 6.07) is 15.4. The second-order valence-corrected chi connectivity index (χ2v) is 8.19. The number of carbonyl (C=O) groups is 2. The van der Waals surface area contributed by atoms with Crippen molar-refractivity contribution in [1.82, 2.24) is 5.32 Å². The molecule has 0 unspecified atom stereocenters. The van der Waals surface area contributed by atoms with Gasteiger partial charge in [0, 0.05) is 21.4 Å². The van der Waals surface area contributed by atoms with E-state index in [0.717, 1.165) is 12.1 Å². The lowest BCUT2D eigenvalue weighted by Gasteiger charge is -2.13. The van der Waals surface area contributed by atoms with Gasteiger partial charge in [-0.2, -0.15) is 13.2 Å². The second-order valence-electron chi connectivity index (χ2n) is 6.87. The van der Waals surface area contributed by atoms with Gasteiger partial charge >= 0.3 is 6.18 Å². The van der Waals surface area contributed by atoms with Crippen molar-refractivity contribution in [2.75, 3.05) is 17.7 Å². The lowest BCUT2D eigenvalue weighted by molar-refractivity contribution is -0.137. The molecule has 3 aromatic rings. The molecule has 0 radical (unpaired) electrons. The number of ether oxygens (including phenoxy) is 1. The van der Waals surface area contributed by atoms with Gasteiger partial charge in [0.15, 0.2) is 5.11 Å². The highest BCUT2D eigenvalue weighted by Crippen LogP contribution is 2.30. The summed E-state index contributed by atoms with van der Waals surface area (Å²) in [4.78, 5) is 25.1. The van der Waals surface area contributed by atoms with Crippen LogP contribution in [0.25, 0.3) is 0 Å². The molecule has 0 heterocycles. The fourth-order valence-corrected chi connectivity index (χ4v) is 3.48. The molecule has 34 heavy (non-hydrogen) atoms. The van der Waals surface area contributed by atoms with Crippen molar-refractivity contribution < 1.29 is 27.5 Å². The summed E-state index contributed by atoms with van der Waals surface area (Å²) in [6.07, 6.45) is -4.52. The average molecular weight is 552 g/mol. The highest BCUT2D eigenvalue weighted by atomic mass is 79.9. The summed E-state index contributed by atoms with van der Waals surface area (Å²) in [6.45, 7) is 0. The van der Waals surface area contributed by atoms with Crippen molar-refractivity contribution in [1.29, 1.82) is 0 Å². The van der Waals surface area contributed by atoms with Gasteiger partial charge in [-0.15, -0.1) is 0 Å². The van der Waals surface area contributed by atoms with Crippen LogP contribution in [0.1, 0.15) is 26.3 Å². The zero-order valence-electron chi connectivity index (χ0n) is 17.5. The van der Waals surface area contributed by atoms with E-state index in [0.29, 0.717) is 15.9 Å². The van der Waals surface area contributed by atoms with Crippen LogP contribution in [0, 0.1) is 0 Å². The fourth-order valence-electron chi connectivity index (χ4n) is 2.91. The van der Waals surface area contributed by atoms with E-state index in [-0.39, 0.29) is 21.9 Å². The number of thiocarbonyl (C=S) groups is 1. The Morgan fingerprint density at radius 3 is 2.26 bits per heavy atom. The first-order chi connectivity index (χ1) is 16.1. The van der Waals surface area contributed by atoms with Crippen LogP contribution in [0.5, 0.6) is 5.75 Å². The monoisotopic (exact) mass is 551 g/mol. The molecule has 0 saturated carbocycles. The maximum absolute atomic E-state index is 12.9. The van der Waals surface area contributed by atoms with E-state index >= 15 is 0 Å². The molecule has 0 aliphatic carbocycles. The van der Waals surface area contributed by atoms with E-state index in [1.165, 1.54) is 31.4 Å². The van der Waals surface area contributed by atoms with Crippen molar-refractivity contribution >= 4 is 56.4 Å². The Morgan fingerprint density at radius 1 is 0.912 bits per heavy atom. The standard InChI is InChI=1S/C23H17BrF3N3O3S/c1-33-19-9-8-15(24)12-18(19)21(32)30-22(34)29-16-6-2-4-13(10-16)20(31)28-17-7-3-5-14(11-17)23(25,26)27/h2-12H,1H3,(H,28,31)(H2,29,30,32,34). The van der Waals surface area contributed by atoms with Crippen LogP contribution in [0.2, 0.25) is 0 Å². The molecular weight excluding hydrogens is 535 g/mol. The lowest BCUT2D eigenvalue weighted by atomic mass is 10.1. The zero-order valence-corrected chi connectivity index (χ0v) is 19.9. The van der Waals surface area contributed by atoms with Gasteiger partial charge in [0.2, 0.25) is 0 Å². The number of benzene rings is 3. The Labute approximate surface area is 206 Å². The van der Waals surface area contributed by atoms with Crippen LogP contribution in [-0.2, 0) is 6.18 Å². The molecule has 3 rings (SSSR count). The summed E-state index contributed by atoms with van der Waals surface area (Å²) in [5.74, 6) is -0.761. The normalized spacial score (nSPS) is 10.9. The molecule has 11 heteroatoms. The summed E-state index contributed by atoms with van der Waals surface area (Å²) >= 11 is 8.48. The number of methoxy groups -OCH3 is 1. The molecule has 0 fully saturated rings. The van der Waals surface area contributed by atoms with Crippen LogP contribution in [-0.4, -0.2) is 24.0 Å². The van der Waals surface area contributed by atoms with E-state index < -0.39 is 23.6 Å². The van der Waals surface area contributed by atoms with Crippen LogP contribution in [0.4, 0.5) is 24.5 Å². The van der Waals surface area contributed by atoms with Crippen molar-refractivity contribution in [3.05, 3.63) is 87.9 Å². The van der Waals surface area contributed by atoms with Gasteiger partial charge in [0.1, 0.15) is 5.75 Å². The molecule has 176 valence electrons. The van der Waals surface area contributed by atoms with Gasteiger partial charge < -0.3 is 15.4 Å². The summed E-state index contributed by atoms with van der Waals surface area (Å²) in [5, 5.41) is 7.74. The van der Waals surface area contributed by atoms with Crippen LogP contribution in [0.3, 0.4) is 0 Å². The fraction of sp³-hybridized carbons (Fsp3) is 0.0870. The quantitative estimate of drug-likeness (QED) is 0.346. The number of amides is 2. The minimum Gasteiger partial charge on any atom is -0.496 e. The van der Waals surface area contributed by atoms with Gasteiger partial charge in [-0.05, 0) is 66.8 Å². The SMILES string of the molecule is COc1ccc(Br)cc1C(=O)NC(=S)Nc1cccc(C(=O)Nc2cccc(C(F)(F)F)c2)c1. The van der Waals surface area contributed by atoms with Crippen molar-refractivity contribution in [2.24, 2.45) is 0 Å². The van der Waals surface area contributed by atoms with Gasteiger partial charge in [0.25, 0.3) is 11.8 Å². The number of rotatable bonds is 5. The molecule has 6 nitrogen and oxygen atoms in total. The average Bonchev–Trinajstić information content (AvgIpc) is 2.78. The number of hydrogen-bond donors (Lipinski definition) is 3. The topological polar surface area (TPSA) is 79.5 Å². The smallest absolute Gasteiger partial charge is 0.416 e. The molecular formula is C23H17BrF3N3O3S. The first kappa shape index (κ1) is 25.2. The van der Waals surface area contributed by atoms with E-state index in [9.17, 15) is 22.8 Å². The molecule has 0 saturated heterocycles. The van der Waals surface area contributed by atoms with Crippen molar-refractivity contribution in [3.63, 3.8) is 0 Å². The minimum atomic E-state index is -4.52. The van der Waals surface area contributed by atoms with Crippen molar-refractivity contribution in [2.45, 2.75) is 6.18 Å². The summed E-state index contributed by atoms with van der Waals surface area (Å²) < 4.78 is 44.5. The molecule has 0 atom stereocenters. The Bertz CT molecular complexity index is 1250. The third kappa shape index (κ3) is 6.55. The van der Waals surface area contributed by atoms with Crippen LogP contribution >= 0.6 is 28.1 Å². The van der Waals surface area contributed by atoms with Gasteiger partial charge in [-0.25, -0.2) is 0 Å². The first-order valence-electron chi connectivity index (χ1n) is 9.61. The number of nitrogens with one attached hydrogen (secondary N) is 3. The molecule has 0 spiro atoms. The van der Waals surface area contributed by atoms with Gasteiger partial charge in [0.05, 0.1) is 18.2 Å². The predicted molar refractivity (Wildman–Crippen MR) is 130 cm³/mol. The van der Waals surface area contributed by atoms with E-state index in [2.05, 4.69) is 31.9 Å². The number of hydrogen-bond acceptors (Lipinski definition) is 4. The molecule has 0 aliphatic heterocycles. The van der Waals surface area contributed by atoms with E-state index in [1.54, 1.807) is 30.3 Å². The first-order valence-corrected chi connectivity index (χ1v) is 10.8. The number of carbonyl (C=O) groups excluding carboxylic acids is 2. The van der Waals surface area contributed by atoms with E-state index in [1.807, 2.05) is 0 Å². The number of alkyl halides is 3. The van der Waals surface area contributed by atoms with Crippen LogP contribution in [0.15, 0.2) is 71.2 Å². The predicted octanol–water partition coefficient (Wildman–Crippen LogP) is 5.86. The maximum atomic E-state index is 12.9. The Balaban J connectivity index is 1.67. The van der Waals surface area contributed by atoms with Gasteiger partial charge in [-0.3, -0.25) is 14.9 Å². The lowest BCUT2D eigenvalue weighted by Crippen LogP contribution is -2.34. The third-order valence-electron chi connectivity index (χ3n) is 4.46. The molecule has 3 aromatic carbocycles. The second kappa shape index (κ2) is 10.7. The molecule has 2 amide bonds. The Hall–Kier alpha value is -3.44. The summed E-state index contributed by atoms with van der Waals surface area (Å²) in [5.41, 5.74) is -0.0449. The minimum absolute atomic E-state index is 0.00365.